The number of piperidine rings is 1. The second-order valence-electron chi connectivity index (χ2n) is 2.78. The van der Waals surface area contributed by atoms with Crippen LogP contribution in [0.1, 0.15) is 26.2 Å². The molecule has 0 aromatic rings. The molecule has 52 valence electrons. The lowest BCUT2D eigenvalue weighted by atomic mass is 10.1. The van der Waals surface area contributed by atoms with Crippen LogP contribution in [0.3, 0.4) is 0 Å². The average molecular weight is 125 g/mol. The van der Waals surface area contributed by atoms with Crippen molar-refractivity contribution in [2.45, 2.75) is 26.2 Å². The van der Waals surface area contributed by atoms with Crippen LogP contribution < -0.4 is 0 Å². The molecular weight excluding hydrogens is 110 g/mol. The van der Waals surface area contributed by atoms with Crippen molar-refractivity contribution in [3.05, 3.63) is 12.3 Å². The molecule has 0 aliphatic carbocycles. The number of hydrogen-bond donors (Lipinski definition) is 0. The summed E-state index contributed by atoms with van der Waals surface area (Å²) in [5.41, 5.74) is 1.23. The van der Waals surface area contributed by atoms with E-state index in [4.69, 9.17) is 0 Å². The zero-order valence-electron chi connectivity index (χ0n) is 6.19. The van der Waals surface area contributed by atoms with E-state index in [-0.39, 0.29) is 0 Å². The van der Waals surface area contributed by atoms with Gasteiger partial charge in [-0.2, -0.15) is 0 Å². The average Bonchev–Trinajstić information content (AvgIpc) is 1.90. The van der Waals surface area contributed by atoms with Gasteiger partial charge in [-0.15, -0.1) is 0 Å². The van der Waals surface area contributed by atoms with Crippen molar-refractivity contribution in [2.24, 2.45) is 0 Å². The highest BCUT2D eigenvalue weighted by Gasteiger charge is 2.07. The summed E-state index contributed by atoms with van der Waals surface area (Å²) in [4.78, 5) is 2.36. The third kappa shape index (κ3) is 1.74. The molecule has 1 nitrogen and oxygen atoms in total. The molecule has 1 aliphatic rings. The maximum Gasteiger partial charge on any atom is 0.0174 e. The van der Waals surface area contributed by atoms with Gasteiger partial charge in [0, 0.05) is 18.8 Å². The van der Waals surface area contributed by atoms with E-state index < -0.39 is 0 Å². The van der Waals surface area contributed by atoms with E-state index in [1.807, 2.05) is 0 Å². The fourth-order valence-electron chi connectivity index (χ4n) is 1.28. The van der Waals surface area contributed by atoms with E-state index in [1.54, 1.807) is 0 Å². The molecule has 0 atom stereocenters. The maximum atomic E-state index is 3.90. The summed E-state index contributed by atoms with van der Waals surface area (Å²) in [6.07, 6.45) is 4.11. The molecule has 1 fully saturated rings. The van der Waals surface area contributed by atoms with Crippen molar-refractivity contribution in [1.29, 1.82) is 0 Å². The van der Waals surface area contributed by atoms with Gasteiger partial charge in [-0.1, -0.05) is 6.58 Å². The second-order valence-corrected chi connectivity index (χ2v) is 2.78. The van der Waals surface area contributed by atoms with E-state index in [9.17, 15) is 0 Å². The van der Waals surface area contributed by atoms with Crippen LogP contribution in [0.5, 0.6) is 0 Å². The summed E-state index contributed by atoms with van der Waals surface area (Å²) in [7, 11) is 0. The molecule has 0 bridgehead atoms. The van der Waals surface area contributed by atoms with E-state index >= 15 is 0 Å². The van der Waals surface area contributed by atoms with Gasteiger partial charge in [0.05, 0.1) is 0 Å². The molecule has 0 aromatic carbocycles. The molecule has 0 spiro atoms. The molecule has 0 N–H and O–H groups in total. The second kappa shape index (κ2) is 2.90. The molecule has 9 heavy (non-hydrogen) atoms. The Morgan fingerprint density at radius 3 is 2.11 bits per heavy atom. The molecule has 0 radical (unpaired) electrons. The molecule has 1 heterocycles. The fourth-order valence-corrected chi connectivity index (χ4v) is 1.28. The Kier molecular flexibility index (Phi) is 2.15. The van der Waals surface area contributed by atoms with Crippen molar-refractivity contribution >= 4 is 0 Å². The number of allylic oxidation sites excluding steroid dienone is 1. The first-order valence-corrected chi connectivity index (χ1v) is 3.71. The van der Waals surface area contributed by atoms with Crippen LogP contribution in [0.15, 0.2) is 12.3 Å². The standard InChI is InChI=1S/C8H15N/c1-8(2)9-6-4-3-5-7-9/h1,3-7H2,2H3. The van der Waals surface area contributed by atoms with Gasteiger partial charge in [0.1, 0.15) is 0 Å². The van der Waals surface area contributed by atoms with Crippen LogP contribution in [-0.4, -0.2) is 18.0 Å². The highest BCUT2D eigenvalue weighted by atomic mass is 15.1. The third-order valence-electron chi connectivity index (χ3n) is 1.90. The summed E-state index contributed by atoms with van der Waals surface area (Å²) in [6, 6.07) is 0. The van der Waals surface area contributed by atoms with Crippen LogP contribution in [0.4, 0.5) is 0 Å². The molecule has 1 saturated heterocycles. The van der Waals surface area contributed by atoms with Crippen molar-refractivity contribution in [3.63, 3.8) is 0 Å². The van der Waals surface area contributed by atoms with Gasteiger partial charge in [-0.05, 0) is 26.2 Å². The summed E-state index contributed by atoms with van der Waals surface area (Å²) >= 11 is 0. The van der Waals surface area contributed by atoms with Crippen molar-refractivity contribution < 1.29 is 0 Å². The number of rotatable bonds is 1. The lowest BCUT2D eigenvalue weighted by molar-refractivity contribution is 0.287. The Hall–Kier alpha value is -0.460. The summed E-state index contributed by atoms with van der Waals surface area (Å²) in [5.74, 6) is 0. The molecule has 0 amide bonds. The largest absolute Gasteiger partial charge is 0.376 e. The lowest BCUT2D eigenvalue weighted by Crippen LogP contribution is -2.27. The summed E-state index contributed by atoms with van der Waals surface area (Å²) in [5, 5.41) is 0. The molecular formula is C8H15N. The Bertz CT molecular complexity index is 101. The lowest BCUT2D eigenvalue weighted by Gasteiger charge is -2.28. The molecule has 0 unspecified atom stereocenters. The highest BCUT2D eigenvalue weighted by molar-refractivity contribution is 4.89. The van der Waals surface area contributed by atoms with Crippen molar-refractivity contribution in [1.82, 2.24) is 4.90 Å². The number of hydrogen-bond acceptors (Lipinski definition) is 1. The van der Waals surface area contributed by atoms with E-state index in [1.165, 1.54) is 38.0 Å². The smallest absolute Gasteiger partial charge is 0.0174 e. The first kappa shape index (κ1) is 6.66. The van der Waals surface area contributed by atoms with Crippen molar-refractivity contribution in [3.8, 4) is 0 Å². The van der Waals surface area contributed by atoms with Crippen LogP contribution in [0.25, 0.3) is 0 Å². The monoisotopic (exact) mass is 125 g/mol. The zero-order chi connectivity index (χ0) is 6.69. The van der Waals surface area contributed by atoms with E-state index in [0.29, 0.717) is 0 Å². The predicted molar refractivity (Wildman–Crippen MR) is 40.2 cm³/mol. The maximum absolute atomic E-state index is 3.90. The molecule has 1 aliphatic heterocycles. The minimum absolute atomic E-state index is 1.23. The van der Waals surface area contributed by atoms with Gasteiger partial charge >= 0.3 is 0 Å². The fraction of sp³-hybridized carbons (Fsp3) is 0.750. The van der Waals surface area contributed by atoms with Gasteiger partial charge in [0.2, 0.25) is 0 Å². The predicted octanol–water partition coefficient (Wildman–Crippen LogP) is 2.01. The zero-order valence-corrected chi connectivity index (χ0v) is 6.19. The first-order chi connectivity index (χ1) is 4.30. The van der Waals surface area contributed by atoms with Crippen LogP contribution in [0.2, 0.25) is 0 Å². The molecule has 1 rings (SSSR count). The van der Waals surface area contributed by atoms with Gasteiger partial charge in [0.25, 0.3) is 0 Å². The van der Waals surface area contributed by atoms with Crippen molar-refractivity contribution in [2.75, 3.05) is 13.1 Å². The Balaban J connectivity index is 2.31. The minimum Gasteiger partial charge on any atom is -0.376 e. The van der Waals surface area contributed by atoms with Crippen LogP contribution >= 0.6 is 0 Å². The quantitative estimate of drug-likeness (QED) is 0.518. The first-order valence-electron chi connectivity index (χ1n) is 3.71. The van der Waals surface area contributed by atoms with Gasteiger partial charge in [-0.3, -0.25) is 0 Å². The van der Waals surface area contributed by atoms with E-state index in [0.717, 1.165) is 0 Å². The van der Waals surface area contributed by atoms with Gasteiger partial charge in [-0.25, -0.2) is 0 Å². The number of likely N-dealkylation sites (tertiary alicyclic amines) is 1. The molecule has 0 aromatic heterocycles. The minimum atomic E-state index is 1.23. The highest BCUT2D eigenvalue weighted by Crippen LogP contribution is 2.12. The Morgan fingerprint density at radius 1 is 1.22 bits per heavy atom. The van der Waals surface area contributed by atoms with Gasteiger partial charge < -0.3 is 4.90 Å². The third-order valence-corrected chi connectivity index (χ3v) is 1.90. The normalized spacial score (nSPS) is 19.9. The topological polar surface area (TPSA) is 3.24 Å². The van der Waals surface area contributed by atoms with Gasteiger partial charge in [0.15, 0.2) is 0 Å². The van der Waals surface area contributed by atoms with E-state index in [2.05, 4.69) is 18.4 Å². The van der Waals surface area contributed by atoms with Crippen LogP contribution in [-0.2, 0) is 0 Å². The Labute approximate surface area is 57.4 Å². The van der Waals surface area contributed by atoms with Crippen LogP contribution in [0, 0.1) is 0 Å². The number of nitrogens with zero attached hydrogens (tertiary/aromatic N) is 1. The molecule has 0 saturated carbocycles. The molecule has 1 heteroatoms. The SMILES string of the molecule is C=C(C)N1CCCCC1. The summed E-state index contributed by atoms with van der Waals surface area (Å²) in [6.45, 7) is 8.46. The summed E-state index contributed by atoms with van der Waals surface area (Å²) < 4.78 is 0. The Morgan fingerprint density at radius 2 is 1.78 bits per heavy atom.